The molecule has 0 amide bonds. The average molecular weight is 322 g/mol. The first-order chi connectivity index (χ1) is 11.7. The molecule has 1 atom stereocenters. The van der Waals surface area contributed by atoms with E-state index in [1.54, 1.807) is 24.3 Å². The summed E-state index contributed by atoms with van der Waals surface area (Å²) >= 11 is 0. The third kappa shape index (κ3) is 2.52. The van der Waals surface area contributed by atoms with Gasteiger partial charge in [0.1, 0.15) is 23.2 Å². The van der Waals surface area contributed by atoms with Crippen LogP contribution < -0.4 is 5.73 Å². The lowest BCUT2D eigenvalue weighted by Gasteiger charge is -2.26. The van der Waals surface area contributed by atoms with Gasteiger partial charge in [0.25, 0.3) is 0 Å². The van der Waals surface area contributed by atoms with E-state index in [1.165, 1.54) is 13.4 Å². The van der Waals surface area contributed by atoms with Crippen LogP contribution in [0.2, 0.25) is 0 Å². The highest BCUT2D eigenvalue weighted by atomic mass is 16.5. The number of allylic oxidation sites excluding steroid dienone is 1. The van der Waals surface area contributed by atoms with E-state index in [4.69, 9.17) is 19.6 Å². The van der Waals surface area contributed by atoms with Crippen LogP contribution in [0.5, 0.6) is 0 Å². The zero-order chi connectivity index (χ0) is 17.1. The van der Waals surface area contributed by atoms with Gasteiger partial charge in [0.15, 0.2) is 0 Å². The van der Waals surface area contributed by atoms with E-state index in [-0.39, 0.29) is 22.8 Å². The summed E-state index contributed by atoms with van der Waals surface area (Å²) in [7, 11) is 1.27. The molecule has 2 heterocycles. The largest absolute Gasteiger partial charge is 0.468 e. The first-order valence-corrected chi connectivity index (χ1v) is 7.16. The molecular formula is C18H14N2O4. The van der Waals surface area contributed by atoms with Crippen molar-refractivity contribution in [3.05, 3.63) is 77.1 Å². The molecule has 1 aromatic heterocycles. The Morgan fingerprint density at radius 2 is 2.00 bits per heavy atom. The number of benzene rings is 1. The number of rotatable bonds is 3. The van der Waals surface area contributed by atoms with Gasteiger partial charge in [0.2, 0.25) is 5.88 Å². The quantitative estimate of drug-likeness (QED) is 0.872. The SMILES string of the molecule is COC(=O)C1=C(c2ccccc2)OC(N)=C(C#N)C1c1ccco1. The fraction of sp³-hybridized carbons (Fsp3) is 0.111. The Morgan fingerprint density at radius 1 is 1.25 bits per heavy atom. The second-order valence-electron chi connectivity index (χ2n) is 5.04. The topological polar surface area (TPSA) is 98.5 Å². The van der Waals surface area contributed by atoms with Gasteiger partial charge in [0, 0.05) is 5.56 Å². The van der Waals surface area contributed by atoms with E-state index in [0.29, 0.717) is 11.3 Å². The van der Waals surface area contributed by atoms with Crippen LogP contribution in [0.1, 0.15) is 17.2 Å². The van der Waals surface area contributed by atoms with Gasteiger partial charge in [0.05, 0.1) is 24.9 Å². The maximum atomic E-state index is 12.4. The Morgan fingerprint density at radius 3 is 2.58 bits per heavy atom. The normalized spacial score (nSPS) is 17.2. The molecule has 0 spiro atoms. The minimum absolute atomic E-state index is 0.0644. The molecule has 0 bridgehead atoms. The van der Waals surface area contributed by atoms with Gasteiger partial charge in [-0.2, -0.15) is 5.26 Å². The molecule has 1 aliphatic rings. The molecular weight excluding hydrogens is 308 g/mol. The lowest BCUT2D eigenvalue weighted by atomic mass is 9.85. The number of methoxy groups -OCH3 is 1. The minimum atomic E-state index is -0.790. The molecule has 0 saturated carbocycles. The van der Waals surface area contributed by atoms with Crippen LogP contribution in [-0.4, -0.2) is 13.1 Å². The Balaban J connectivity index is 2.27. The van der Waals surface area contributed by atoms with E-state index in [9.17, 15) is 10.1 Å². The van der Waals surface area contributed by atoms with Crippen molar-refractivity contribution in [3.8, 4) is 6.07 Å². The molecule has 1 aliphatic heterocycles. The predicted molar refractivity (Wildman–Crippen MR) is 84.7 cm³/mol. The van der Waals surface area contributed by atoms with Crippen LogP contribution in [0.4, 0.5) is 0 Å². The van der Waals surface area contributed by atoms with E-state index in [1.807, 2.05) is 24.3 Å². The van der Waals surface area contributed by atoms with Crippen molar-refractivity contribution >= 4 is 11.7 Å². The summed E-state index contributed by atoms with van der Waals surface area (Å²) in [5.74, 6) is -0.811. The zero-order valence-corrected chi connectivity index (χ0v) is 12.9. The van der Waals surface area contributed by atoms with Gasteiger partial charge in [-0.05, 0) is 12.1 Å². The molecule has 0 aliphatic carbocycles. The maximum Gasteiger partial charge on any atom is 0.338 e. The number of esters is 1. The predicted octanol–water partition coefficient (Wildman–Crippen LogP) is 2.67. The zero-order valence-electron chi connectivity index (χ0n) is 12.9. The number of hydrogen-bond acceptors (Lipinski definition) is 6. The summed E-state index contributed by atoms with van der Waals surface area (Å²) in [5, 5.41) is 9.48. The van der Waals surface area contributed by atoms with Crippen LogP contribution in [-0.2, 0) is 14.3 Å². The Hall–Kier alpha value is -3.46. The van der Waals surface area contributed by atoms with Crippen molar-refractivity contribution in [2.45, 2.75) is 5.92 Å². The molecule has 1 unspecified atom stereocenters. The number of nitriles is 1. The molecule has 120 valence electrons. The third-order valence-electron chi connectivity index (χ3n) is 3.69. The molecule has 24 heavy (non-hydrogen) atoms. The standard InChI is InChI=1S/C18H14N2O4/c1-22-18(21)15-14(13-8-5-9-23-13)12(10-19)17(20)24-16(15)11-6-3-2-4-7-11/h2-9,14H,20H2,1H3. The van der Waals surface area contributed by atoms with E-state index in [0.717, 1.165) is 0 Å². The number of carbonyl (C=O) groups is 1. The summed E-state index contributed by atoms with van der Waals surface area (Å²) in [4.78, 5) is 12.4. The number of hydrogen-bond donors (Lipinski definition) is 1. The second kappa shape index (κ2) is 6.34. The van der Waals surface area contributed by atoms with Crippen LogP contribution in [0.25, 0.3) is 5.76 Å². The van der Waals surface area contributed by atoms with E-state index in [2.05, 4.69) is 0 Å². The van der Waals surface area contributed by atoms with Crippen LogP contribution in [0, 0.1) is 11.3 Å². The van der Waals surface area contributed by atoms with Crippen molar-refractivity contribution in [1.29, 1.82) is 5.26 Å². The van der Waals surface area contributed by atoms with Gasteiger partial charge >= 0.3 is 5.97 Å². The van der Waals surface area contributed by atoms with Crippen molar-refractivity contribution in [3.63, 3.8) is 0 Å². The monoisotopic (exact) mass is 322 g/mol. The number of ether oxygens (including phenoxy) is 2. The van der Waals surface area contributed by atoms with Crippen LogP contribution in [0.3, 0.4) is 0 Å². The number of carbonyl (C=O) groups excluding carboxylic acids is 1. The minimum Gasteiger partial charge on any atom is -0.468 e. The average Bonchev–Trinajstić information content (AvgIpc) is 3.15. The van der Waals surface area contributed by atoms with Crippen molar-refractivity contribution in [2.75, 3.05) is 7.11 Å². The smallest absolute Gasteiger partial charge is 0.338 e. The summed E-state index contributed by atoms with van der Waals surface area (Å²) in [6.45, 7) is 0. The van der Waals surface area contributed by atoms with E-state index >= 15 is 0 Å². The number of nitrogens with zero attached hydrogens (tertiary/aromatic N) is 1. The Kier molecular flexibility index (Phi) is 4.08. The fourth-order valence-corrected chi connectivity index (χ4v) is 2.62. The van der Waals surface area contributed by atoms with Crippen LogP contribution >= 0.6 is 0 Å². The second-order valence-corrected chi connectivity index (χ2v) is 5.04. The first-order valence-electron chi connectivity index (χ1n) is 7.16. The molecule has 2 N–H and O–H groups in total. The summed E-state index contributed by atoms with van der Waals surface area (Å²) in [6, 6.07) is 14.4. The molecule has 2 aromatic rings. The van der Waals surface area contributed by atoms with Gasteiger partial charge < -0.3 is 19.6 Å². The summed E-state index contributed by atoms with van der Waals surface area (Å²) < 4.78 is 15.9. The van der Waals surface area contributed by atoms with Gasteiger partial charge in [-0.25, -0.2) is 4.79 Å². The Bertz CT molecular complexity index is 858. The lowest BCUT2D eigenvalue weighted by molar-refractivity contribution is -0.136. The van der Waals surface area contributed by atoms with Crippen molar-refractivity contribution < 1.29 is 18.7 Å². The highest BCUT2D eigenvalue weighted by Gasteiger charge is 2.39. The molecule has 0 fully saturated rings. The molecule has 1 aromatic carbocycles. The summed E-state index contributed by atoms with van der Waals surface area (Å²) in [5.41, 5.74) is 6.84. The van der Waals surface area contributed by atoms with Crippen LogP contribution in [0.15, 0.2) is 70.2 Å². The van der Waals surface area contributed by atoms with Gasteiger partial charge in [-0.1, -0.05) is 30.3 Å². The highest BCUT2D eigenvalue weighted by molar-refractivity contribution is 5.99. The lowest BCUT2D eigenvalue weighted by Crippen LogP contribution is -2.25. The number of furan rings is 1. The third-order valence-corrected chi connectivity index (χ3v) is 3.69. The molecule has 6 heteroatoms. The molecule has 0 saturated heterocycles. The summed E-state index contributed by atoms with van der Waals surface area (Å²) in [6.07, 6.45) is 1.47. The Labute approximate surface area is 138 Å². The maximum absolute atomic E-state index is 12.4. The first kappa shape index (κ1) is 15.4. The molecule has 6 nitrogen and oxygen atoms in total. The molecule has 3 rings (SSSR count). The number of nitrogens with two attached hydrogens (primary N) is 1. The van der Waals surface area contributed by atoms with Crippen molar-refractivity contribution in [1.82, 2.24) is 0 Å². The van der Waals surface area contributed by atoms with Crippen molar-refractivity contribution in [2.24, 2.45) is 5.73 Å². The van der Waals surface area contributed by atoms with E-state index < -0.39 is 11.9 Å². The fourth-order valence-electron chi connectivity index (χ4n) is 2.62. The molecule has 0 radical (unpaired) electrons. The van der Waals surface area contributed by atoms with Gasteiger partial charge in [-0.15, -0.1) is 0 Å². The highest BCUT2D eigenvalue weighted by Crippen LogP contribution is 2.42. The van der Waals surface area contributed by atoms with Gasteiger partial charge in [-0.3, -0.25) is 0 Å².